The molecule has 2 heterocycles. The van der Waals surface area contributed by atoms with Crippen LogP contribution in [0.2, 0.25) is 5.02 Å². The van der Waals surface area contributed by atoms with E-state index < -0.39 is 12.2 Å². The average Bonchev–Trinajstić information content (AvgIpc) is 3.62. The Hall–Kier alpha value is -4.97. The highest BCUT2D eigenvalue weighted by atomic mass is 35.5. The predicted octanol–water partition coefficient (Wildman–Crippen LogP) is 7.80. The van der Waals surface area contributed by atoms with E-state index in [1.807, 2.05) is 118 Å². The second-order valence-electron chi connectivity index (χ2n) is 15.1. The molecular weight excluding hydrogens is 748 g/mol. The van der Waals surface area contributed by atoms with Gasteiger partial charge in [-0.15, -0.1) is 0 Å². The van der Waals surface area contributed by atoms with Crippen LogP contribution >= 0.6 is 11.6 Å². The topological polar surface area (TPSA) is 101 Å². The lowest BCUT2D eigenvalue weighted by atomic mass is 10.1. The zero-order valence-electron chi connectivity index (χ0n) is 35.0. The van der Waals surface area contributed by atoms with Gasteiger partial charge in [0.25, 0.3) is 0 Å². The summed E-state index contributed by atoms with van der Waals surface area (Å²) in [6.07, 6.45) is -1.12. The molecule has 0 fully saturated rings. The Labute approximate surface area is 349 Å². The molecule has 2 aromatic heterocycles. The van der Waals surface area contributed by atoms with Gasteiger partial charge in [0.05, 0.1) is 24.5 Å². The Kier molecular flexibility index (Phi) is 16.5. The molecule has 2 unspecified atom stereocenters. The lowest BCUT2D eigenvalue weighted by molar-refractivity contribution is 0.0741. The molecule has 0 bridgehead atoms. The van der Waals surface area contributed by atoms with E-state index in [4.69, 9.17) is 31.3 Å². The van der Waals surface area contributed by atoms with Crippen molar-refractivity contribution in [2.45, 2.75) is 73.0 Å². The van der Waals surface area contributed by atoms with Crippen LogP contribution < -0.4 is 9.47 Å². The number of aryl methyl sites for hydroxylation is 3. The number of para-hydroxylation sites is 1. The highest BCUT2D eigenvalue weighted by Crippen LogP contribution is 2.21. The summed E-state index contributed by atoms with van der Waals surface area (Å²) >= 11 is 6.30. The Morgan fingerprint density at radius 1 is 0.586 bits per heavy atom. The lowest BCUT2D eigenvalue weighted by Gasteiger charge is -2.21. The van der Waals surface area contributed by atoms with Crippen LogP contribution in [-0.4, -0.2) is 92.2 Å². The number of hydrogen-bond donors (Lipinski definition) is 2. The average molecular weight is 807 g/mol. The number of benzene rings is 4. The standard InChI is InChI=1S/C24H31N3O2.C23H28ClN3O2/c1-18-10-12-23(13-11-18)29-17-22(28)15-26(4)16-24-19(2)25-27(20(24)3)14-21-8-6-5-7-9-21;1-17-22(18(2)27(25-17)13-19-9-7-8-12-23(19)24)15-26(3)14-20(28)16-29-21-10-5-4-6-11-21/h5-13,22,28H,14-17H2,1-4H3;4-12,20,28H,13-16H2,1-3H3. The largest absolute Gasteiger partial charge is 0.491 e. The second kappa shape index (κ2) is 21.7. The van der Waals surface area contributed by atoms with E-state index in [-0.39, 0.29) is 13.2 Å². The van der Waals surface area contributed by atoms with Crippen molar-refractivity contribution in [1.29, 1.82) is 0 Å². The summed E-state index contributed by atoms with van der Waals surface area (Å²) in [5.74, 6) is 1.55. The highest BCUT2D eigenvalue weighted by molar-refractivity contribution is 6.31. The first-order valence-electron chi connectivity index (χ1n) is 19.8. The molecule has 0 spiro atoms. The minimum absolute atomic E-state index is 0.262. The molecule has 58 heavy (non-hydrogen) atoms. The van der Waals surface area contributed by atoms with Gasteiger partial charge in [0.15, 0.2) is 0 Å². The summed E-state index contributed by atoms with van der Waals surface area (Å²) < 4.78 is 15.4. The fraction of sp³-hybridized carbons (Fsp3) is 0.362. The van der Waals surface area contributed by atoms with Gasteiger partial charge in [-0.1, -0.05) is 96.0 Å². The van der Waals surface area contributed by atoms with Crippen molar-refractivity contribution in [3.8, 4) is 11.5 Å². The maximum absolute atomic E-state index is 10.4. The monoisotopic (exact) mass is 806 g/mol. The molecule has 10 nitrogen and oxygen atoms in total. The normalized spacial score (nSPS) is 12.3. The number of halogens is 1. The SMILES string of the molecule is Cc1ccc(OCC(O)CN(C)Cc2c(C)nn(Cc3ccccc3)c2C)cc1.Cc1nn(Cc2ccccc2Cl)c(C)c1CN(C)CC(O)COc1ccccc1. The molecule has 0 aliphatic heterocycles. The quantitative estimate of drug-likeness (QED) is 0.0909. The molecule has 2 atom stereocenters. The Morgan fingerprint density at radius 3 is 1.55 bits per heavy atom. The van der Waals surface area contributed by atoms with Crippen LogP contribution in [0.5, 0.6) is 11.5 Å². The lowest BCUT2D eigenvalue weighted by Crippen LogP contribution is -2.33. The maximum atomic E-state index is 10.4. The molecular formula is C47H59ClN6O4. The van der Waals surface area contributed by atoms with Gasteiger partial charge in [0.2, 0.25) is 0 Å². The van der Waals surface area contributed by atoms with Gasteiger partial charge in [-0.25, -0.2) is 0 Å². The number of ether oxygens (including phenoxy) is 2. The van der Waals surface area contributed by atoms with Crippen LogP contribution in [0.15, 0.2) is 109 Å². The van der Waals surface area contributed by atoms with Gasteiger partial charge in [-0.3, -0.25) is 19.2 Å². The summed E-state index contributed by atoms with van der Waals surface area (Å²) in [5, 5.41) is 30.9. The van der Waals surface area contributed by atoms with E-state index in [1.165, 1.54) is 27.9 Å². The molecule has 6 aromatic rings. The fourth-order valence-electron chi connectivity index (χ4n) is 6.81. The van der Waals surface area contributed by atoms with Gasteiger partial charge >= 0.3 is 0 Å². The van der Waals surface area contributed by atoms with E-state index in [0.29, 0.717) is 26.2 Å². The van der Waals surface area contributed by atoms with Crippen molar-refractivity contribution in [2.24, 2.45) is 0 Å². The first-order valence-corrected chi connectivity index (χ1v) is 20.2. The summed E-state index contributed by atoms with van der Waals surface area (Å²) in [7, 11) is 4.01. The number of likely N-dealkylation sites (N-methyl/N-ethyl adjacent to an activating group) is 2. The Morgan fingerprint density at radius 2 is 1.03 bits per heavy atom. The number of aromatic nitrogens is 4. The summed E-state index contributed by atoms with van der Waals surface area (Å²) in [4.78, 5) is 4.21. The Balaban J connectivity index is 0.000000221. The first-order chi connectivity index (χ1) is 27.9. The first kappa shape index (κ1) is 44.1. The van der Waals surface area contributed by atoms with Crippen molar-refractivity contribution in [3.63, 3.8) is 0 Å². The van der Waals surface area contributed by atoms with Crippen LogP contribution in [-0.2, 0) is 26.2 Å². The molecule has 0 saturated carbocycles. The zero-order chi connectivity index (χ0) is 41.6. The van der Waals surface area contributed by atoms with Gasteiger partial charge in [0, 0.05) is 53.7 Å². The number of rotatable bonds is 18. The highest BCUT2D eigenvalue weighted by Gasteiger charge is 2.18. The molecule has 6 rings (SSSR count). The van der Waals surface area contributed by atoms with Crippen molar-refractivity contribution in [1.82, 2.24) is 29.4 Å². The van der Waals surface area contributed by atoms with Crippen LogP contribution in [0.3, 0.4) is 0 Å². The minimum atomic E-state index is -0.570. The molecule has 0 saturated heterocycles. The summed E-state index contributed by atoms with van der Waals surface area (Å²) in [6, 6.07) is 35.6. The molecule has 11 heteroatoms. The number of hydrogen-bond acceptors (Lipinski definition) is 8. The van der Waals surface area contributed by atoms with Gasteiger partial charge in [0.1, 0.15) is 36.9 Å². The summed E-state index contributed by atoms with van der Waals surface area (Å²) in [6.45, 7) is 14.8. The van der Waals surface area contributed by atoms with Crippen LogP contribution in [0.4, 0.5) is 0 Å². The van der Waals surface area contributed by atoms with E-state index in [9.17, 15) is 10.2 Å². The van der Waals surface area contributed by atoms with Crippen molar-refractivity contribution < 1.29 is 19.7 Å². The molecule has 308 valence electrons. The van der Waals surface area contributed by atoms with Crippen molar-refractivity contribution in [2.75, 3.05) is 40.4 Å². The van der Waals surface area contributed by atoms with Crippen LogP contribution in [0, 0.1) is 34.6 Å². The number of aliphatic hydroxyl groups is 2. The molecule has 0 aliphatic carbocycles. The predicted molar refractivity (Wildman–Crippen MR) is 233 cm³/mol. The van der Waals surface area contributed by atoms with E-state index >= 15 is 0 Å². The molecule has 0 amide bonds. The number of aliphatic hydroxyl groups excluding tert-OH is 2. The van der Waals surface area contributed by atoms with Gasteiger partial charge < -0.3 is 19.7 Å². The third kappa shape index (κ3) is 13.3. The summed E-state index contributed by atoms with van der Waals surface area (Å²) in [5.41, 5.74) is 10.2. The third-order valence-electron chi connectivity index (χ3n) is 10.1. The van der Waals surface area contributed by atoms with Gasteiger partial charge in [-0.2, -0.15) is 10.2 Å². The zero-order valence-corrected chi connectivity index (χ0v) is 35.7. The van der Waals surface area contributed by atoms with Crippen molar-refractivity contribution >= 4 is 11.6 Å². The van der Waals surface area contributed by atoms with E-state index in [2.05, 4.69) is 59.5 Å². The number of nitrogens with zero attached hydrogens (tertiary/aromatic N) is 6. The third-order valence-corrected chi connectivity index (χ3v) is 10.4. The molecule has 0 radical (unpaired) electrons. The molecule has 0 aliphatic rings. The molecule has 2 N–H and O–H groups in total. The smallest absolute Gasteiger partial charge is 0.119 e. The molecule has 4 aromatic carbocycles. The van der Waals surface area contributed by atoms with Crippen molar-refractivity contribution in [3.05, 3.63) is 165 Å². The second-order valence-corrected chi connectivity index (χ2v) is 15.5. The minimum Gasteiger partial charge on any atom is -0.491 e. The Bertz CT molecular complexity index is 2140. The maximum Gasteiger partial charge on any atom is 0.119 e. The van der Waals surface area contributed by atoms with E-state index in [0.717, 1.165) is 52.3 Å². The van der Waals surface area contributed by atoms with Gasteiger partial charge in [-0.05, 0) is 90.2 Å². The fourth-order valence-corrected chi connectivity index (χ4v) is 7.00. The van der Waals surface area contributed by atoms with Crippen LogP contribution in [0.25, 0.3) is 0 Å². The van der Waals surface area contributed by atoms with Crippen LogP contribution in [0.1, 0.15) is 50.6 Å². The van der Waals surface area contributed by atoms with E-state index in [1.54, 1.807) is 0 Å².